The summed E-state index contributed by atoms with van der Waals surface area (Å²) in [6.07, 6.45) is 0.159. The highest BCUT2D eigenvalue weighted by molar-refractivity contribution is 7.62. The SMILES string of the molecule is COP(=O)(OCCC(=O)c1c(C)cccc1C)c1ccccc1. The molecule has 122 valence electrons. The predicted octanol–water partition coefficient (Wildman–Crippen LogP) is 4.06. The van der Waals surface area contributed by atoms with Crippen molar-refractivity contribution in [1.82, 2.24) is 0 Å². The lowest BCUT2D eigenvalue weighted by atomic mass is 9.98. The summed E-state index contributed by atoms with van der Waals surface area (Å²) in [7, 11) is -2.03. The Kier molecular flexibility index (Phi) is 5.89. The number of benzene rings is 2. The normalized spacial score (nSPS) is 13.5. The standard InChI is InChI=1S/C18H21O4P/c1-14-8-7-9-15(2)18(14)17(19)12-13-22-23(20,21-3)16-10-5-4-6-11-16/h4-11H,12-13H2,1-3H3. The number of ketones is 1. The Morgan fingerprint density at radius 3 is 2.17 bits per heavy atom. The van der Waals surface area contributed by atoms with Crippen LogP contribution in [-0.4, -0.2) is 19.5 Å². The van der Waals surface area contributed by atoms with E-state index < -0.39 is 7.60 Å². The van der Waals surface area contributed by atoms with E-state index in [1.807, 2.05) is 38.1 Å². The molecule has 23 heavy (non-hydrogen) atoms. The fourth-order valence-corrected chi connectivity index (χ4v) is 3.82. The Bertz CT molecular complexity index is 705. The van der Waals surface area contributed by atoms with Gasteiger partial charge in [0.15, 0.2) is 5.78 Å². The van der Waals surface area contributed by atoms with Crippen molar-refractivity contribution in [1.29, 1.82) is 0 Å². The number of carbonyl (C=O) groups is 1. The summed E-state index contributed by atoms with van der Waals surface area (Å²) in [6.45, 7) is 3.86. The van der Waals surface area contributed by atoms with E-state index in [1.54, 1.807) is 24.3 Å². The van der Waals surface area contributed by atoms with Crippen LogP contribution in [0.1, 0.15) is 27.9 Å². The number of Topliss-reactive ketones (excluding diaryl/α,β-unsaturated/α-hetero) is 1. The fourth-order valence-electron chi connectivity index (χ4n) is 2.48. The minimum absolute atomic E-state index is 0.0173. The third kappa shape index (κ3) is 4.17. The number of hydrogen-bond donors (Lipinski definition) is 0. The van der Waals surface area contributed by atoms with Crippen LogP contribution in [0, 0.1) is 13.8 Å². The lowest BCUT2D eigenvalue weighted by Gasteiger charge is -2.16. The Morgan fingerprint density at radius 2 is 1.61 bits per heavy atom. The van der Waals surface area contributed by atoms with Gasteiger partial charge in [-0.3, -0.25) is 9.36 Å². The molecule has 4 nitrogen and oxygen atoms in total. The summed E-state index contributed by atoms with van der Waals surface area (Å²) in [5.41, 5.74) is 2.59. The number of aryl methyl sites for hydroxylation is 2. The van der Waals surface area contributed by atoms with Gasteiger partial charge in [0, 0.05) is 19.1 Å². The quantitative estimate of drug-likeness (QED) is 0.567. The van der Waals surface area contributed by atoms with Crippen molar-refractivity contribution in [2.45, 2.75) is 20.3 Å². The maximum absolute atomic E-state index is 12.7. The Hall–Kier alpha value is -1.74. The Balaban J connectivity index is 2.04. The molecule has 2 aromatic rings. The largest absolute Gasteiger partial charge is 0.361 e. The van der Waals surface area contributed by atoms with Gasteiger partial charge < -0.3 is 9.05 Å². The van der Waals surface area contributed by atoms with Gasteiger partial charge in [-0.2, -0.15) is 0 Å². The van der Waals surface area contributed by atoms with E-state index in [-0.39, 0.29) is 18.8 Å². The van der Waals surface area contributed by atoms with Crippen molar-refractivity contribution in [3.05, 3.63) is 65.2 Å². The van der Waals surface area contributed by atoms with Gasteiger partial charge >= 0.3 is 7.60 Å². The molecule has 2 aromatic carbocycles. The second kappa shape index (κ2) is 7.69. The summed E-state index contributed by atoms with van der Waals surface area (Å²) < 4.78 is 23.2. The molecular formula is C18H21O4P. The van der Waals surface area contributed by atoms with Crippen molar-refractivity contribution in [2.24, 2.45) is 0 Å². The van der Waals surface area contributed by atoms with Crippen LogP contribution in [0.2, 0.25) is 0 Å². The summed E-state index contributed by atoms with van der Waals surface area (Å²) in [5.74, 6) is -0.0173. The smallest absolute Gasteiger partial charge is 0.309 e. The van der Waals surface area contributed by atoms with Crippen LogP contribution in [0.25, 0.3) is 0 Å². The summed E-state index contributed by atoms with van der Waals surface area (Å²) in [4.78, 5) is 12.4. The molecule has 0 spiro atoms. The van der Waals surface area contributed by atoms with E-state index in [9.17, 15) is 9.36 Å². The van der Waals surface area contributed by atoms with Gasteiger partial charge in [0.1, 0.15) is 0 Å². The topological polar surface area (TPSA) is 52.6 Å². The number of rotatable bonds is 7. The van der Waals surface area contributed by atoms with E-state index in [4.69, 9.17) is 9.05 Å². The van der Waals surface area contributed by atoms with Gasteiger partial charge in [0.25, 0.3) is 0 Å². The molecule has 1 unspecified atom stereocenters. The average molecular weight is 332 g/mol. The van der Waals surface area contributed by atoms with Crippen molar-refractivity contribution in [3.8, 4) is 0 Å². The third-order valence-corrected chi connectivity index (χ3v) is 5.60. The van der Waals surface area contributed by atoms with Crippen molar-refractivity contribution >= 4 is 18.7 Å². The molecule has 0 saturated heterocycles. The number of hydrogen-bond acceptors (Lipinski definition) is 4. The first-order chi connectivity index (χ1) is 11.0. The van der Waals surface area contributed by atoms with Crippen LogP contribution < -0.4 is 5.30 Å². The van der Waals surface area contributed by atoms with E-state index >= 15 is 0 Å². The van der Waals surface area contributed by atoms with E-state index in [1.165, 1.54) is 7.11 Å². The average Bonchev–Trinajstić information content (AvgIpc) is 2.55. The molecular weight excluding hydrogens is 311 g/mol. The molecule has 0 aliphatic carbocycles. The van der Waals surface area contributed by atoms with Crippen molar-refractivity contribution < 1.29 is 18.4 Å². The molecule has 0 aliphatic rings. The lowest BCUT2D eigenvalue weighted by Crippen LogP contribution is -2.12. The van der Waals surface area contributed by atoms with E-state index in [2.05, 4.69) is 0 Å². The summed E-state index contributed by atoms with van der Waals surface area (Å²) in [5, 5.41) is 0.488. The molecule has 0 radical (unpaired) electrons. The minimum atomic E-state index is -3.38. The zero-order chi connectivity index (χ0) is 16.9. The van der Waals surface area contributed by atoms with Gasteiger partial charge in [-0.15, -0.1) is 0 Å². The van der Waals surface area contributed by atoms with Crippen LogP contribution in [0.3, 0.4) is 0 Å². The molecule has 2 rings (SSSR count). The second-order valence-electron chi connectivity index (χ2n) is 5.29. The maximum Gasteiger partial charge on any atom is 0.361 e. The zero-order valence-corrected chi connectivity index (χ0v) is 14.5. The lowest BCUT2D eigenvalue weighted by molar-refractivity contribution is 0.0958. The number of carbonyl (C=O) groups excluding carboxylic acids is 1. The van der Waals surface area contributed by atoms with E-state index in [0.717, 1.165) is 11.1 Å². The summed E-state index contributed by atoms with van der Waals surface area (Å²) in [6, 6.07) is 14.5. The first-order valence-electron chi connectivity index (χ1n) is 7.43. The summed E-state index contributed by atoms with van der Waals surface area (Å²) >= 11 is 0. The van der Waals surface area contributed by atoms with Crippen LogP contribution >= 0.6 is 7.60 Å². The molecule has 0 bridgehead atoms. The van der Waals surface area contributed by atoms with Gasteiger partial charge in [-0.25, -0.2) is 0 Å². The van der Waals surface area contributed by atoms with Gasteiger partial charge in [0.2, 0.25) is 0 Å². The van der Waals surface area contributed by atoms with Gasteiger partial charge in [-0.1, -0.05) is 36.4 Å². The van der Waals surface area contributed by atoms with Gasteiger partial charge in [0.05, 0.1) is 11.9 Å². The van der Waals surface area contributed by atoms with E-state index in [0.29, 0.717) is 10.9 Å². The monoisotopic (exact) mass is 332 g/mol. The predicted molar refractivity (Wildman–Crippen MR) is 91.5 cm³/mol. The first kappa shape index (κ1) is 17.6. The highest BCUT2D eigenvalue weighted by Gasteiger charge is 2.26. The Labute approximate surface area is 137 Å². The van der Waals surface area contributed by atoms with Crippen LogP contribution in [0.4, 0.5) is 0 Å². The van der Waals surface area contributed by atoms with Gasteiger partial charge in [-0.05, 0) is 37.1 Å². The molecule has 5 heteroatoms. The van der Waals surface area contributed by atoms with Crippen LogP contribution in [-0.2, 0) is 13.6 Å². The van der Waals surface area contributed by atoms with Crippen molar-refractivity contribution in [2.75, 3.05) is 13.7 Å². The highest BCUT2D eigenvalue weighted by atomic mass is 31.2. The maximum atomic E-state index is 12.7. The fraction of sp³-hybridized carbons (Fsp3) is 0.278. The highest BCUT2D eigenvalue weighted by Crippen LogP contribution is 2.46. The van der Waals surface area contributed by atoms with Crippen LogP contribution in [0.15, 0.2) is 48.5 Å². The zero-order valence-electron chi connectivity index (χ0n) is 13.6. The molecule has 0 fully saturated rings. The molecule has 0 aliphatic heterocycles. The first-order valence-corrected chi connectivity index (χ1v) is 8.97. The Morgan fingerprint density at radius 1 is 1.00 bits per heavy atom. The molecule has 0 saturated carbocycles. The molecule has 0 heterocycles. The van der Waals surface area contributed by atoms with Crippen molar-refractivity contribution in [3.63, 3.8) is 0 Å². The molecule has 0 N–H and O–H groups in total. The molecule has 0 amide bonds. The third-order valence-electron chi connectivity index (χ3n) is 3.66. The molecule has 0 aromatic heterocycles. The molecule has 1 atom stereocenters. The minimum Gasteiger partial charge on any atom is -0.309 e. The van der Waals surface area contributed by atoms with Crippen LogP contribution in [0.5, 0.6) is 0 Å². The second-order valence-corrected chi connectivity index (χ2v) is 7.42.